The third-order valence-electron chi connectivity index (χ3n) is 6.15. The van der Waals surface area contributed by atoms with E-state index in [2.05, 4.69) is 5.32 Å². The van der Waals surface area contributed by atoms with Crippen molar-refractivity contribution < 1.29 is 19.1 Å². The van der Waals surface area contributed by atoms with Crippen LogP contribution >= 0.6 is 0 Å². The Hall–Kier alpha value is -3.80. The summed E-state index contributed by atoms with van der Waals surface area (Å²) in [4.78, 5) is 27.5. The summed E-state index contributed by atoms with van der Waals surface area (Å²) in [7, 11) is 3.24. The van der Waals surface area contributed by atoms with Crippen molar-refractivity contribution in [2.75, 3.05) is 26.1 Å². The van der Waals surface area contributed by atoms with Gasteiger partial charge in [0.05, 0.1) is 26.2 Å². The van der Waals surface area contributed by atoms with E-state index < -0.39 is 5.92 Å². The van der Waals surface area contributed by atoms with Crippen LogP contribution in [0.25, 0.3) is 11.1 Å². The predicted octanol–water partition coefficient (Wildman–Crippen LogP) is 4.92. The first-order valence-electron chi connectivity index (χ1n) is 11.0. The van der Waals surface area contributed by atoms with Crippen LogP contribution in [0.5, 0.6) is 11.5 Å². The van der Waals surface area contributed by atoms with E-state index in [9.17, 15) is 9.59 Å². The van der Waals surface area contributed by atoms with E-state index >= 15 is 0 Å². The number of hydrogen-bond acceptors (Lipinski definition) is 4. The summed E-state index contributed by atoms with van der Waals surface area (Å²) in [5, 5.41) is 2.99. The largest absolute Gasteiger partial charge is 0.497 e. The molecule has 0 radical (unpaired) electrons. The van der Waals surface area contributed by atoms with Crippen molar-refractivity contribution in [3.63, 3.8) is 0 Å². The Morgan fingerprint density at radius 2 is 1.73 bits per heavy atom. The summed E-state index contributed by atoms with van der Waals surface area (Å²) < 4.78 is 10.8. The Morgan fingerprint density at radius 3 is 2.39 bits per heavy atom. The second-order valence-electron chi connectivity index (χ2n) is 8.17. The Bertz CT molecular complexity index is 1130. The molecule has 6 nitrogen and oxygen atoms in total. The van der Waals surface area contributed by atoms with E-state index in [1.165, 1.54) is 0 Å². The Morgan fingerprint density at radius 1 is 1.00 bits per heavy atom. The van der Waals surface area contributed by atoms with Crippen LogP contribution < -0.4 is 14.8 Å². The molecule has 1 heterocycles. The second-order valence-corrected chi connectivity index (χ2v) is 8.17. The van der Waals surface area contributed by atoms with Crippen LogP contribution in [0.1, 0.15) is 24.9 Å². The monoisotopic (exact) mass is 444 g/mol. The highest BCUT2D eigenvalue weighted by Gasteiger charge is 2.37. The van der Waals surface area contributed by atoms with Crippen molar-refractivity contribution in [1.82, 2.24) is 4.90 Å². The molecule has 3 aromatic carbocycles. The van der Waals surface area contributed by atoms with Gasteiger partial charge in [0, 0.05) is 24.2 Å². The molecule has 0 aromatic heterocycles. The molecule has 0 bridgehead atoms. The molecule has 33 heavy (non-hydrogen) atoms. The number of amides is 2. The minimum Gasteiger partial charge on any atom is -0.497 e. The lowest BCUT2D eigenvalue weighted by Gasteiger charge is -2.25. The van der Waals surface area contributed by atoms with Crippen molar-refractivity contribution in [3.05, 3.63) is 78.4 Å². The number of benzene rings is 3. The third kappa shape index (κ3) is 4.85. The summed E-state index contributed by atoms with van der Waals surface area (Å²) in [6, 6.07) is 23.0. The minimum atomic E-state index is -0.393. The molecule has 0 unspecified atom stereocenters. The SMILES string of the molecule is COc1ccc(-c2cc(NC(=O)[C@H]3CC(=O)N([C@H](C)c4ccccc4)C3)ccc2OC)cc1. The van der Waals surface area contributed by atoms with Gasteiger partial charge >= 0.3 is 0 Å². The molecule has 2 atom stereocenters. The van der Waals surface area contributed by atoms with Crippen molar-refractivity contribution in [2.24, 2.45) is 5.92 Å². The number of carbonyl (C=O) groups is 2. The van der Waals surface area contributed by atoms with Gasteiger partial charge in [0.25, 0.3) is 0 Å². The minimum absolute atomic E-state index is 0.000144. The third-order valence-corrected chi connectivity index (χ3v) is 6.15. The average Bonchev–Trinajstić information content (AvgIpc) is 3.25. The molecule has 3 aromatic rings. The molecule has 2 amide bonds. The molecule has 0 aliphatic carbocycles. The van der Waals surface area contributed by atoms with E-state index in [4.69, 9.17) is 9.47 Å². The first-order valence-corrected chi connectivity index (χ1v) is 11.0. The molecule has 4 rings (SSSR count). The second kappa shape index (κ2) is 9.77. The number of anilines is 1. The summed E-state index contributed by atoms with van der Waals surface area (Å²) in [5.41, 5.74) is 3.53. The number of likely N-dealkylation sites (tertiary alicyclic amines) is 1. The van der Waals surface area contributed by atoms with Gasteiger partial charge in [-0.3, -0.25) is 9.59 Å². The van der Waals surface area contributed by atoms with Gasteiger partial charge in [0.15, 0.2) is 0 Å². The number of methoxy groups -OCH3 is 2. The molecular weight excluding hydrogens is 416 g/mol. The molecule has 1 fully saturated rings. The highest BCUT2D eigenvalue weighted by molar-refractivity contribution is 5.98. The van der Waals surface area contributed by atoms with E-state index in [1.54, 1.807) is 19.1 Å². The molecule has 0 saturated carbocycles. The van der Waals surface area contributed by atoms with Crippen LogP contribution in [0.4, 0.5) is 5.69 Å². The Labute approximate surface area is 194 Å². The van der Waals surface area contributed by atoms with Crippen LogP contribution in [-0.4, -0.2) is 37.5 Å². The number of hydrogen-bond donors (Lipinski definition) is 1. The molecule has 1 N–H and O–H groups in total. The van der Waals surface area contributed by atoms with E-state index in [0.29, 0.717) is 18.0 Å². The number of nitrogens with zero attached hydrogens (tertiary/aromatic N) is 1. The van der Waals surface area contributed by atoms with Crippen LogP contribution in [0, 0.1) is 5.92 Å². The van der Waals surface area contributed by atoms with E-state index in [0.717, 1.165) is 22.4 Å². The van der Waals surface area contributed by atoms with Crippen molar-refractivity contribution in [1.29, 1.82) is 0 Å². The van der Waals surface area contributed by atoms with Gasteiger partial charge in [0.2, 0.25) is 11.8 Å². The zero-order valence-corrected chi connectivity index (χ0v) is 19.1. The quantitative estimate of drug-likeness (QED) is 0.562. The summed E-state index contributed by atoms with van der Waals surface area (Å²) in [6.45, 7) is 2.40. The van der Waals surface area contributed by atoms with Crippen LogP contribution in [0.3, 0.4) is 0 Å². The van der Waals surface area contributed by atoms with Crippen molar-refractivity contribution >= 4 is 17.5 Å². The fraction of sp³-hybridized carbons (Fsp3) is 0.259. The Balaban J connectivity index is 1.48. The van der Waals surface area contributed by atoms with Crippen LogP contribution in [0.15, 0.2) is 72.8 Å². The summed E-state index contributed by atoms with van der Waals surface area (Å²) in [5.74, 6) is 0.923. The zero-order chi connectivity index (χ0) is 23.4. The molecule has 1 saturated heterocycles. The van der Waals surface area contributed by atoms with Gasteiger partial charge in [-0.1, -0.05) is 42.5 Å². The van der Waals surface area contributed by atoms with E-state index in [1.807, 2.05) is 79.7 Å². The fourth-order valence-corrected chi connectivity index (χ4v) is 4.22. The molecule has 1 aliphatic heterocycles. The lowest BCUT2D eigenvalue weighted by atomic mass is 10.0. The highest BCUT2D eigenvalue weighted by Crippen LogP contribution is 2.34. The average molecular weight is 445 g/mol. The van der Waals surface area contributed by atoms with Crippen molar-refractivity contribution in [3.8, 4) is 22.6 Å². The first kappa shape index (κ1) is 22.4. The van der Waals surface area contributed by atoms with Gasteiger partial charge in [0.1, 0.15) is 11.5 Å². The van der Waals surface area contributed by atoms with Gasteiger partial charge in [-0.25, -0.2) is 0 Å². The maximum atomic E-state index is 13.0. The molecular formula is C27H28N2O4. The molecule has 6 heteroatoms. The van der Waals surface area contributed by atoms with Gasteiger partial charge in [-0.15, -0.1) is 0 Å². The zero-order valence-electron chi connectivity index (χ0n) is 19.1. The van der Waals surface area contributed by atoms with Gasteiger partial charge in [-0.2, -0.15) is 0 Å². The maximum Gasteiger partial charge on any atom is 0.229 e. The van der Waals surface area contributed by atoms with Gasteiger partial charge < -0.3 is 19.7 Å². The molecule has 170 valence electrons. The van der Waals surface area contributed by atoms with Crippen LogP contribution in [0.2, 0.25) is 0 Å². The predicted molar refractivity (Wildman–Crippen MR) is 128 cm³/mol. The fourth-order valence-electron chi connectivity index (χ4n) is 4.22. The van der Waals surface area contributed by atoms with E-state index in [-0.39, 0.29) is 24.3 Å². The van der Waals surface area contributed by atoms with Crippen molar-refractivity contribution in [2.45, 2.75) is 19.4 Å². The normalized spacial score (nSPS) is 16.4. The summed E-state index contributed by atoms with van der Waals surface area (Å²) in [6.07, 6.45) is 0.213. The number of nitrogens with one attached hydrogen (secondary N) is 1. The lowest BCUT2D eigenvalue weighted by molar-refractivity contribution is -0.129. The number of rotatable bonds is 7. The Kier molecular flexibility index (Phi) is 6.63. The number of ether oxygens (including phenoxy) is 2. The van der Waals surface area contributed by atoms with Gasteiger partial charge in [-0.05, 0) is 48.4 Å². The molecule has 0 spiro atoms. The number of carbonyl (C=O) groups excluding carboxylic acids is 2. The first-order chi connectivity index (χ1) is 16.0. The maximum absolute atomic E-state index is 13.0. The standard InChI is InChI=1S/C27H28N2O4/c1-18(19-7-5-4-6-8-19)29-17-21(15-26(29)30)27(31)28-22-11-14-25(33-3)24(16-22)20-9-12-23(32-2)13-10-20/h4-14,16,18,21H,15,17H2,1-3H3,(H,28,31)/t18-,21+/m1/s1. The lowest BCUT2D eigenvalue weighted by Crippen LogP contribution is -2.30. The van der Waals surface area contributed by atoms with Crippen LogP contribution in [-0.2, 0) is 9.59 Å². The summed E-state index contributed by atoms with van der Waals surface area (Å²) >= 11 is 0. The smallest absolute Gasteiger partial charge is 0.229 e. The topological polar surface area (TPSA) is 67.9 Å². The molecule has 1 aliphatic rings. The highest BCUT2D eigenvalue weighted by atomic mass is 16.5.